The first-order chi connectivity index (χ1) is 30.6. The van der Waals surface area contributed by atoms with Crippen LogP contribution in [0.5, 0.6) is 11.5 Å². The largest absolute Gasteiger partial charge is 0.455 e. The van der Waals surface area contributed by atoms with E-state index in [4.69, 9.17) is 14.5 Å². The molecule has 0 radical (unpaired) electrons. The van der Waals surface area contributed by atoms with Crippen LogP contribution in [0.3, 0.4) is 0 Å². The van der Waals surface area contributed by atoms with Gasteiger partial charge in [0.15, 0.2) is 0 Å². The van der Waals surface area contributed by atoms with Crippen LogP contribution in [-0.2, 0) is 14.8 Å². The molecule has 10 rings (SSSR count). The monoisotopic (exact) mass is 873 g/mol. The van der Waals surface area contributed by atoms with Crippen LogP contribution in [0.15, 0.2) is 89.3 Å². The Morgan fingerprint density at radius 1 is 0.921 bits per heavy atom. The standard InChI is InChI=1S/C47H55N9O6S/c1-31(2)37-6-3-4-7-38(37)41-8-5-15-56(41)33-25-47(26-33)12-16-55(17-13-47)44-24-43(62-35-22-32-11-14-48-45(32)50-27-35)39(28-49-44)46(57)52-63(59,60)36-9-10-42(40(23-36)51-58)54-20-18-53(19-21-54)34-29-61-30-34/h3-4,6-7,9-11,14,22-24,27-28,31,33-34,41H,5,8,12-13,15-21,25-26,29-30H2,1-2H3,(H,48,50)(H,52,57). The first-order valence-electron chi connectivity index (χ1n) is 22.4. The zero-order valence-corrected chi connectivity index (χ0v) is 36.7. The van der Waals surface area contributed by atoms with Crippen molar-refractivity contribution >= 4 is 44.2 Å². The van der Waals surface area contributed by atoms with Gasteiger partial charge in [0, 0.05) is 75.2 Å². The van der Waals surface area contributed by atoms with E-state index in [2.05, 4.69) is 72.7 Å². The third-order valence-electron chi connectivity index (χ3n) is 14.3. The molecule has 5 aromatic rings. The number of ether oxygens (including phenoxy) is 2. The van der Waals surface area contributed by atoms with Crippen LogP contribution < -0.4 is 19.3 Å². The van der Waals surface area contributed by atoms with Crippen molar-refractivity contribution in [1.29, 1.82) is 0 Å². The molecule has 1 spiro atoms. The maximum absolute atomic E-state index is 14.0. The minimum Gasteiger partial charge on any atom is -0.455 e. The lowest BCUT2D eigenvalue weighted by molar-refractivity contribution is -0.0660. The summed E-state index contributed by atoms with van der Waals surface area (Å²) in [6.45, 7) is 11.7. The first-order valence-corrected chi connectivity index (χ1v) is 23.9. The van der Waals surface area contributed by atoms with Gasteiger partial charge in [-0.2, -0.15) is 0 Å². The number of aromatic nitrogens is 3. The van der Waals surface area contributed by atoms with Crippen molar-refractivity contribution in [2.75, 3.05) is 68.8 Å². The number of amides is 1. The molecule has 63 heavy (non-hydrogen) atoms. The normalized spacial score (nSPS) is 21.2. The van der Waals surface area contributed by atoms with Gasteiger partial charge in [-0.1, -0.05) is 38.1 Å². The number of hydrogen-bond donors (Lipinski definition) is 2. The third-order valence-corrected chi connectivity index (χ3v) is 15.6. The Morgan fingerprint density at radius 3 is 2.46 bits per heavy atom. The van der Waals surface area contributed by atoms with E-state index < -0.39 is 15.9 Å². The summed E-state index contributed by atoms with van der Waals surface area (Å²) in [4.78, 5) is 47.4. The van der Waals surface area contributed by atoms with E-state index >= 15 is 0 Å². The molecule has 1 unspecified atom stereocenters. The molecule has 5 aliphatic rings. The highest BCUT2D eigenvalue weighted by Crippen LogP contribution is 2.54. The maximum atomic E-state index is 14.0. The number of nitrogens with zero attached hydrogens (tertiary/aromatic N) is 7. The van der Waals surface area contributed by atoms with Gasteiger partial charge in [0.1, 0.15) is 34.2 Å². The zero-order valence-electron chi connectivity index (χ0n) is 35.9. The molecule has 330 valence electrons. The number of benzene rings is 2. The summed E-state index contributed by atoms with van der Waals surface area (Å²) in [6, 6.07) is 20.1. The van der Waals surface area contributed by atoms with Crippen LogP contribution in [0.2, 0.25) is 0 Å². The van der Waals surface area contributed by atoms with E-state index in [1.54, 1.807) is 30.6 Å². The number of rotatable bonds is 12. The molecular formula is C47H55N9O6S. The summed E-state index contributed by atoms with van der Waals surface area (Å²) in [7, 11) is -4.44. The number of nitroso groups, excluding NO2 is 1. The molecule has 15 nitrogen and oxygen atoms in total. The summed E-state index contributed by atoms with van der Waals surface area (Å²) in [6.07, 6.45) is 11.6. The van der Waals surface area contributed by atoms with E-state index in [-0.39, 0.29) is 21.9 Å². The van der Waals surface area contributed by atoms with Gasteiger partial charge in [-0.25, -0.2) is 23.1 Å². The first kappa shape index (κ1) is 41.6. The molecule has 0 bridgehead atoms. The van der Waals surface area contributed by atoms with Crippen LogP contribution in [0.4, 0.5) is 17.2 Å². The molecular weight excluding hydrogens is 819 g/mol. The fourth-order valence-electron chi connectivity index (χ4n) is 10.7. The van der Waals surface area contributed by atoms with Gasteiger partial charge in [-0.3, -0.25) is 14.6 Å². The molecule has 4 saturated heterocycles. The van der Waals surface area contributed by atoms with Gasteiger partial charge in [-0.05, 0) is 103 Å². The Morgan fingerprint density at radius 2 is 1.71 bits per heavy atom. The van der Waals surface area contributed by atoms with E-state index in [9.17, 15) is 18.1 Å². The number of fused-ring (bicyclic) bond motifs is 1. The number of anilines is 2. The van der Waals surface area contributed by atoms with Gasteiger partial charge in [0.25, 0.3) is 15.9 Å². The molecule has 1 amide bonds. The second-order valence-electron chi connectivity index (χ2n) is 18.3. The SMILES string of the molecule is CC(C)c1ccccc1C1CCCN1C1CC2(CCN(c3cc(Oc4cnc5[nH]ccc5c4)c(C(=O)NS(=O)(=O)c4ccc(N5CCN(C6COC6)CC5)c(N=O)c4)cn3)CC2)C1. The Labute approximate surface area is 368 Å². The number of H-pyrrole nitrogens is 1. The van der Waals surface area contributed by atoms with Crippen molar-refractivity contribution in [3.05, 3.63) is 101 Å². The quantitative estimate of drug-likeness (QED) is 0.119. The number of pyridine rings is 2. The fourth-order valence-corrected chi connectivity index (χ4v) is 11.6. The van der Waals surface area contributed by atoms with Gasteiger partial charge in [-0.15, -0.1) is 4.91 Å². The van der Waals surface area contributed by atoms with Crippen molar-refractivity contribution in [2.24, 2.45) is 10.6 Å². The van der Waals surface area contributed by atoms with E-state index in [0.29, 0.717) is 65.4 Å². The van der Waals surface area contributed by atoms with E-state index in [1.807, 2.05) is 11.0 Å². The van der Waals surface area contributed by atoms with Gasteiger partial charge in [0.2, 0.25) is 0 Å². The van der Waals surface area contributed by atoms with Crippen LogP contribution in [0.1, 0.15) is 85.8 Å². The number of nitrogens with one attached hydrogen (secondary N) is 2. The van der Waals surface area contributed by atoms with Crippen molar-refractivity contribution < 1.29 is 22.7 Å². The van der Waals surface area contributed by atoms with Crippen LogP contribution >= 0.6 is 0 Å². The number of piperidine rings is 1. The van der Waals surface area contributed by atoms with Crippen LogP contribution in [-0.4, -0.2) is 110 Å². The molecule has 1 atom stereocenters. The van der Waals surface area contributed by atoms with Gasteiger partial charge >= 0.3 is 0 Å². The number of sulfonamides is 1. The predicted molar refractivity (Wildman–Crippen MR) is 241 cm³/mol. The minimum atomic E-state index is -4.44. The Balaban J connectivity index is 0.837. The summed E-state index contributed by atoms with van der Waals surface area (Å²) >= 11 is 0. The number of carbonyl (C=O) groups is 1. The van der Waals surface area contributed by atoms with Crippen molar-refractivity contribution in [3.63, 3.8) is 0 Å². The molecule has 4 aliphatic heterocycles. The lowest BCUT2D eigenvalue weighted by Crippen LogP contribution is -2.56. The van der Waals surface area contributed by atoms with Crippen molar-refractivity contribution in [1.82, 2.24) is 29.5 Å². The fraction of sp³-hybridized carbons (Fsp3) is 0.468. The number of likely N-dealkylation sites (tertiary alicyclic amines) is 1. The molecule has 2 N–H and O–H groups in total. The van der Waals surface area contributed by atoms with Crippen LogP contribution in [0.25, 0.3) is 11.0 Å². The summed E-state index contributed by atoms with van der Waals surface area (Å²) in [5, 5.41) is 4.00. The van der Waals surface area contributed by atoms with Crippen molar-refractivity contribution in [3.8, 4) is 11.5 Å². The Hall–Kier alpha value is -5.42. The smallest absolute Gasteiger partial charge is 0.270 e. The summed E-state index contributed by atoms with van der Waals surface area (Å²) in [5.74, 6) is 0.752. The topological polar surface area (TPSA) is 166 Å². The molecule has 5 fully saturated rings. The minimum absolute atomic E-state index is 0.0122. The Bertz CT molecular complexity index is 2610. The molecule has 2 aromatic carbocycles. The highest BCUT2D eigenvalue weighted by Gasteiger charge is 2.50. The molecule has 1 saturated carbocycles. The van der Waals surface area contributed by atoms with E-state index in [0.717, 1.165) is 64.2 Å². The molecule has 7 heterocycles. The number of aromatic amines is 1. The predicted octanol–water partition coefficient (Wildman–Crippen LogP) is 7.50. The number of hydrogen-bond acceptors (Lipinski definition) is 13. The zero-order chi connectivity index (χ0) is 43.3. The van der Waals surface area contributed by atoms with Gasteiger partial charge < -0.3 is 24.3 Å². The second-order valence-corrected chi connectivity index (χ2v) is 20.0. The average molecular weight is 874 g/mol. The maximum Gasteiger partial charge on any atom is 0.270 e. The van der Waals surface area contributed by atoms with Crippen LogP contribution in [0, 0.1) is 10.3 Å². The second kappa shape index (κ2) is 16.9. The van der Waals surface area contributed by atoms with Crippen molar-refractivity contribution in [2.45, 2.75) is 81.3 Å². The van der Waals surface area contributed by atoms with Gasteiger partial charge in [0.05, 0.1) is 36.0 Å². The lowest BCUT2D eigenvalue weighted by atomic mass is 9.60. The highest BCUT2D eigenvalue weighted by atomic mass is 32.2. The lowest BCUT2D eigenvalue weighted by Gasteiger charge is -2.56. The molecule has 3 aromatic heterocycles. The number of carbonyl (C=O) groups excluding carboxylic acids is 1. The average Bonchev–Trinajstić information content (AvgIpc) is 3.95. The Kier molecular flexibility index (Phi) is 11.2. The highest BCUT2D eigenvalue weighted by molar-refractivity contribution is 7.90. The summed E-state index contributed by atoms with van der Waals surface area (Å²) in [5.41, 5.74) is 4.43. The number of piperazine rings is 1. The third kappa shape index (κ3) is 8.18. The molecule has 16 heteroatoms. The summed E-state index contributed by atoms with van der Waals surface area (Å²) < 4.78 is 41.4. The molecule has 1 aliphatic carbocycles. The van der Waals surface area contributed by atoms with E-state index in [1.165, 1.54) is 55.1 Å².